The van der Waals surface area contributed by atoms with Crippen molar-refractivity contribution < 1.29 is 9.84 Å². The Bertz CT molecular complexity index is 217. The summed E-state index contributed by atoms with van der Waals surface area (Å²) in [6.07, 6.45) is 5.00. The molecule has 1 saturated carbocycles. The summed E-state index contributed by atoms with van der Waals surface area (Å²) in [6, 6.07) is 0. The number of hydrogen-bond acceptors (Lipinski definition) is 3. The van der Waals surface area contributed by atoms with Gasteiger partial charge in [-0.05, 0) is 52.0 Å². The summed E-state index contributed by atoms with van der Waals surface area (Å²) in [5.41, 5.74) is -0.166. The Kier molecular flexibility index (Phi) is 6.61. The molecule has 0 heterocycles. The fraction of sp³-hybridized carbons (Fsp3) is 1.00. The lowest BCUT2D eigenvalue weighted by molar-refractivity contribution is -0.0480. The van der Waals surface area contributed by atoms with Crippen molar-refractivity contribution in [2.75, 3.05) is 19.7 Å². The number of hydrogen-bond donors (Lipinski definition) is 2. The molecule has 0 aliphatic heterocycles. The summed E-state index contributed by atoms with van der Waals surface area (Å²) in [6.45, 7) is 10.5. The third kappa shape index (κ3) is 7.34. The topological polar surface area (TPSA) is 41.5 Å². The Morgan fingerprint density at radius 2 is 1.83 bits per heavy atom. The molecule has 0 aromatic carbocycles. The van der Waals surface area contributed by atoms with Crippen molar-refractivity contribution in [1.82, 2.24) is 5.32 Å². The van der Waals surface area contributed by atoms with Crippen LogP contribution in [0.1, 0.15) is 53.4 Å². The van der Waals surface area contributed by atoms with Crippen molar-refractivity contribution >= 4 is 0 Å². The van der Waals surface area contributed by atoms with E-state index in [0.29, 0.717) is 13.2 Å². The summed E-state index contributed by atoms with van der Waals surface area (Å²) in [4.78, 5) is 0. The Hall–Kier alpha value is -0.120. The summed E-state index contributed by atoms with van der Waals surface area (Å²) >= 11 is 0. The first-order valence-electron chi connectivity index (χ1n) is 7.39. The second kappa shape index (κ2) is 7.46. The molecule has 108 valence electrons. The maximum absolute atomic E-state index is 9.80. The predicted molar refractivity (Wildman–Crippen MR) is 75.7 cm³/mol. The first-order valence-corrected chi connectivity index (χ1v) is 7.39. The van der Waals surface area contributed by atoms with Gasteiger partial charge in [-0.25, -0.2) is 0 Å². The standard InChI is InChI=1S/C15H31NO2/c1-12-5-7-13(8-6-12)9-16-10-14(17)11-18-15(2,3)4/h12-14,16-17H,5-11H2,1-4H3. The van der Waals surface area contributed by atoms with Gasteiger partial charge in [-0.2, -0.15) is 0 Å². The molecule has 2 N–H and O–H groups in total. The second-order valence-corrected chi connectivity index (χ2v) is 6.86. The number of aliphatic hydroxyl groups excluding tert-OH is 1. The summed E-state index contributed by atoms with van der Waals surface area (Å²) in [5, 5.41) is 13.2. The fourth-order valence-corrected chi connectivity index (χ4v) is 2.39. The predicted octanol–water partition coefficient (Wildman–Crippen LogP) is 2.58. The van der Waals surface area contributed by atoms with Gasteiger partial charge in [0, 0.05) is 6.54 Å². The van der Waals surface area contributed by atoms with Crippen LogP contribution >= 0.6 is 0 Å². The van der Waals surface area contributed by atoms with E-state index < -0.39 is 6.10 Å². The molecule has 1 rings (SSSR count). The number of nitrogens with one attached hydrogen (secondary N) is 1. The lowest BCUT2D eigenvalue weighted by atomic mass is 9.83. The fourth-order valence-electron chi connectivity index (χ4n) is 2.39. The first kappa shape index (κ1) is 15.9. The molecule has 1 atom stereocenters. The highest BCUT2D eigenvalue weighted by Crippen LogP contribution is 2.27. The summed E-state index contributed by atoms with van der Waals surface area (Å²) in [7, 11) is 0. The zero-order valence-electron chi connectivity index (χ0n) is 12.5. The van der Waals surface area contributed by atoms with Crippen LogP contribution < -0.4 is 5.32 Å². The Morgan fingerprint density at radius 1 is 1.22 bits per heavy atom. The number of aliphatic hydroxyl groups is 1. The number of ether oxygens (including phenoxy) is 1. The molecule has 0 aromatic heterocycles. The number of rotatable bonds is 6. The minimum atomic E-state index is -0.397. The molecule has 3 heteroatoms. The van der Waals surface area contributed by atoms with Gasteiger partial charge in [0.15, 0.2) is 0 Å². The van der Waals surface area contributed by atoms with Gasteiger partial charge in [-0.15, -0.1) is 0 Å². The lowest BCUT2D eigenvalue weighted by Gasteiger charge is -2.27. The highest BCUT2D eigenvalue weighted by atomic mass is 16.5. The molecule has 0 saturated heterocycles. The molecule has 1 fully saturated rings. The lowest BCUT2D eigenvalue weighted by Crippen LogP contribution is -2.36. The average molecular weight is 257 g/mol. The molecule has 0 amide bonds. The van der Waals surface area contributed by atoms with E-state index in [2.05, 4.69) is 12.2 Å². The third-order valence-corrected chi connectivity index (χ3v) is 3.66. The SMILES string of the molecule is CC1CCC(CNCC(O)COC(C)(C)C)CC1. The van der Waals surface area contributed by atoms with Crippen LogP contribution in [0.2, 0.25) is 0 Å². The minimum Gasteiger partial charge on any atom is -0.389 e. The zero-order valence-corrected chi connectivity index (χ0v) is 12.5. The molecule has 0 spiro atoms. The van der Waals surface area contributed by atoms with Gasteiger partial charge < -0.3 is 15.2 Å². The molecule has 0 aromatic rings. The van der Waals surface area contributed by atoms with Crippen LogP contribution in [0, 0.1) is 11.8 Å². The second-order valence-electron chi connectivity index (χ2n) is 6.86. The van der Waals surface area contributed by atoms with E-state index in [1.165, 1.54) is 25.7 Å². The molecule has 1 unspecified atom stereocenters. The first-order chi connectivity index (χ1) is 8.37. The van der Waals surface area contributed by atoms with Crippen LogP contribution in [0.3, 0.4) is 0 Å². The van der Waals surface area contributed by atoms with Crippen LogP contribution in [0.25, 0.3) is 0 Å². The largest absolute Gasteiger partial charge is 0.389 e. The highest BCUT2D eigenvalue weighted by Gasteiger charge is 2.18. The Morgan fingerprint density at radius 3 is 2.39 bits per heavy atom. The molecule has 1 aliphatic carbocycles. The summed E-state index contributed by atoms with van der Waals surface area (Å²) in [5.74, 6) is 1.71. The van der Waals surface area contributed by atoms with E-state index in [-0.39, 0.29) is 5.60 Å². The van der Waals surface area contributed by atoms with Gasteiger partial charge in [0.05, 0.1) is 18.3 Å². The van der Waals surface area contributed by atoms with Gasteiger partial charge in [-0.3, -0.25) is 0 Å². The molecule has 0 radical (unpaired) electrons. The molecule has 18 heavy (non-hydrogen) atoms. The zero-order chi connectivity index (χ0) is 13.6. The van der Waals surface area contributed by atoms with Crippen molar-refractivity contribution in [3.8, 4) is 0 Å². The van der Waals surface area contributed by atoms with Crippen molar-refractivity contribution in [3.05, 3.63) is 0 Å². The van der Waals surface area contributed by atoms with E-state index in [0.717, 1.165) is 18.4 Å². The van der Waals surface area contributed by atoms with Gasteiger partial charge in [-0.1, -0.05) is 19.8 Å². The van der Waals surface area contributed by atoms with Crippen LogP contribution in [-0.2, 0) is 4.74 Å². The molecule has 3 nitrogen and oxygen atoms in total. The molecular formula is C15H31NO2. The Balaban J connectivity index is 2.03. The van der Waals surface area contributed by atoms with Gasteiger partial charge in [0.1, 0.15) is 0 Å². The Labute approximate surface area is 112 Å². The quantitative estimate of drug-likeness (QED) is 0.768. The average Bonchev–Trinajstić information content (AvgIpc) is 2.28. The van der Waals surface area contributed by atoms with Gasteiger partial charge in [0.25, 0.3) is 0 Å². The van der Waals surface area contributed by atoms with Gasteiger partial charge in [0.2, 0.25) is 0 Å². The van der Waals surface area contributed by atoms with Crippen LogP contribution in [0.4, 0.5) is 0 Å². The van der Waals surface area contributed by atoms with E-state index in [1.807, 2.05) is 20.8 Å². The van der Waals surface area contributed by atoms with Crippen molar-refractivity contribution in [3.63, 3.8) is 0 Å². The van der Waals surface area contributed by atoms with Gasteiger partial charge >= 0.3 is 0 Å². The van der Waals surface area contributed by atoms with Crippen molar-refractivity contribution in [2.45, 2.75) is 65.1 Å². The van der Waals surface area contributed by atoms with Crippen LogP contribution in [-0.4, -0.2) is 36.5 Å². The molecular weight excluding hydrogens is 226 g/mol. The third-order valence-electron chi connectivity index (χ3n) is 3.66. The van der Waals surface area contributed by atoms with E-state index in [4.69, 9.17) is 4.74 Å². The van der Waals surface area contributed by atoms with Crippen LogP contribution in [0.5, 0.6) is 0 Å². The van der Waals surface area contributed by atoms with E-state index in [1.54, 1.807) is 0 Å². The van der Waals surface area contributed by atoms with E-state index in [9.17, 15) is 5.11 Å². The van der Waals surface area contributed by atoms with Crippen molar-refractivity contribution in [2.24, 2.45) is 11.8 Å². The smallest absolute Gasteiger partial charge is 0.0897 e. The summed E-state index contributed by atoms with van der Waals surface area (Å²) < 4.78 is 5.56. The highest BCUT2D eigenvalue weighted by molar-refractivity contribution is 4.72. The molecule has 1 aliphatic rings. The maximum Gasteiger partial charge on any atom is 0.0897 e. The minimum absolute atomic E-state index is 0.166. The monoisotopic (exact) mass is 257 g/mol. The maximum atomic E-state index is 9.80. The van der Waals surface area contributed by atoms with Crippen molar-refractivity contribution in [1.29, 1.82) is 0 Å². The molecule has 0 bridgehead atoms. The normalized spacial score (nSPS) is 27.2. The van der Waals surface area contributed by atoms with Crippen LogP contribution in [0.15, 0.2) is 0 Å². The van der Waals surface area contributed by atoms with E-state index >= 15 is 0 Å².